The zero-order valence-electron chi connectivity index (χ0n) is 4.40. The summed E-state index contributed by atoms with van der Waals surface area (Å²) in [6.07, 6.45) is 0. The zero-order valence-corrected chi connectivity index (χ0v) is 12.9. The summed E-state index contributed by atoms with van der Waals surface area (Å²) in [7, 11) is 0. The van der Waals surface area contributed by atoms with Crippen LogP contribution in [0.1, 0.15) is 2.85 Å². The van der Waals surface area contributed by atoms with Gasteiger partial charge in [-0.2, -0.15) is 0 Å². The maximum Gasteiger partial charge on any atom is 2.00 e. The van der Waals surface area contributed by atoms with Crippen LogP contribution in [0.2, 0.25) is 0 Å². The molecule has 0 spiro atoms. The molecule has 0 saturated carbocycles. The average Bonchev–Trinajstić information content (AvgIpc) is 1.00. The van der Waals surface area contributed by atoms with Crippen LogP contribution in [0.15, 0.2) is 0 Å². The third kappa shape index (κ3) is 17.7. The summed E-state index contributed by atoms with van der Waals surface area (Å²) in [5, 5.41) is 0. The molecule has 0 aromatic heterocycles. The molecule has 0 N–H and O–H groups in total. The Hall–Kier alpha value is 4.49. The molecule has 5 heteroatoms. The summed E-state index contributed by atoms with van der Waals surface area (Å²) in [5.74, 6) is 0. The predicted molar refractivity (Wildman–Crippen MR) is 8.66 cm³/mol. The van der Waals surface area contributed by atoms with Crippen LogP contribution in [0.3, 0.4) is 0 Å². The summed E-state index contributed by atoms with van der Waals surface area (Å²) in [4.78, 5) is 0. The molecule has 0 aromatic rings. The molecule has 0 aliphatic carbocycles. The van der Waals surface area contributed by atoms with Crippen molar-refractivity contribution in [3.8, 4) is 0 Å². The van der Waals surface area contributed by atoms with Gasteiger partial charge in [-0.05, 0) is 0 Å². The minimum absolute atomic E-state index is 0. The van der Waals surface area contributed by atoms with Gasteiger partial charge in [-0.3, -0.25) is 0 Å². The van der Waals surface area contributed by atoms with Gasteiger partial charge < -0.3 is 2.85 Å². The van der Waals surface area contributed by atoms with Gasteiger partial charge in [0.25, 0.3) is 0 Å². The van der Waals surface area contributed by atoms with Gasteiger partial charge in [0, 0.05) is 81.2 Å². The van der Waals surface area contributed by atoms with E-state index in [1.54, 1.807) is 15.9 Å². The van der Waals surface area contributed by atoms with Crippen molar-refractivity contribution >= 4 is 45.5 Å². The minimum Gasteiger partial charge on any atom is 0 e. The molecule has 0 aromatic carbocycles. The van der Waals surface area contributed by atoms with E-state index in [1.807, 2.05) is 0 Å². The van der Waals surface area contributed by atoms with Crippen molar-refractivity contribution in [3.63, 3.8) is 0 Å². The van der Waals surface area contributed by atoms with Crippen molar-refractivity contribution in [2.24, 2.45) is 0 Å². The second kappa shape index (κ2) is 23.6. The molecule has 27 valence electrons. The first-order valence-electron chi connectivity index (χ1n) is 0.154. The maximum absolute atomic E-state index is 8.06. The van der Waals surface area contributed by atoms with Crippen LogP contribution in [0.4, 0.5) is 0 Å². The van der Waals surface area contributed by atoms with Crippen LogP contribution < -0.4 is 0 Å². The minimum atomic E-state index is 0. The van der Waals surface area contributed by atoms with Crippen molar-refractivity contribution in [3.05, 3.63) is 0 Å². The molecule has 0 radical (unpaired) electrons. The summed E-state index contributed by atoms with van der Waals surface area (Å²) in [6, 6.07) is 0. The number of hydrogen-bond donors (Lipinski definition) is 0. The fraction of sp³-hybridized carbons (Fsp3) is 0. The fourth-order valence-electron chi connectivity index (χ4n) is 0. The molecule has 0 rings (SSSR count). The van der Waals surface area contributed by atoms with E-state index in [0.29, 0.717) is 0 Å². The van der Waals surface area contributed by atoms with E-state index in [-0.39, 0.29) is 130 Å². The monoisotopic (exact) mass is 455 g/mol. The van der Waals surface area contributed by atoms with Crippen LogP contribution >= 0.6 is 0 Å². The molecule has 0 aliphatic heterocycles. The summed E-state index contributed by atoms with van der Waals surface area (Å²) < 4.78 is 8.06. The maximum atomic E-state index is 8.06. The normalized spacial score (nSPS) is 0.800. The van der Waals surface area contributed by atoms with Gasteiger partial charge in [0.2, 0.25) is 0 Å². The van der Waals surface area contributed by atoms with E-state index in [2.05, 4.69) is 0 Å². The van der Waals surface area contributed by atoms with Crippen LogP contribution in [-0.2, 0) is 19.8 Å². The van der Waals surface area contributed by atoms with Gasteiger partial charge in [-0.15, -0.1) is 0 Å². The first-order chi connectivity index (χ1) is 1.00. The Morgan fingerprint density at radius 1 is 1.40 bits per heavy atom. The molecule has 0 unspecified atom stereocenters. The smallest absolute Gasteiger partial charge is 0 e. The average molecular weight is 455 g/mol. The van der Waals surface area contributed by atoms with Gasteiger partial charge in [-0.1, -0.05) is 0 Å². The van der Waals surface area contributed by atoms with Crippen molar-refractivity contribution in [1.82, 2.24) is 0 Å². The second-order valence-corrected chi connectivity index (χ2v) is 0. The molecule has 0 atom stereocenters. The topological polar surface area (TPSA) is 17.1 Å². The van der Waals surface area contributed by atoms with Gasteiger partial charge in [0.05, 0.1) is 0 Å². The number of hydrogen-bond acceptors (Lipinski definition) is 1. The Morgan fingerprint density at radius 2 is 1.40 bits per heavy atom. The van der Waals surface area contributed by atoms with Crippen molar-refractivity contribution in [2.45, 2.75) is 0 Å². The molecule has 5 heavy (non-hydrogen) atoms. The molecule has 0 aliphatic rings. The molecule has 0 heterocycles. The molecule has 0 saturated heterocycles. The third-order valence-electron chi connectivity index (χ3n) is 0. The summed E-state index contributed by atoms with van der Waals surface area (Å²) in [6.45, 7) is 0. The third-order valence-corrected chi connectivity index (χ3v) is 0. The van der Waals surface area contributed by atoms with Gasteiger partial charge in [0.15, 0.2) is 0 Å². The van der Waals surface area contributed by atoms with E-state index in [1.165, 1.54) is 0 Å². The zero-order chi connectivity index (χ0) is 2.00. The fourth-order valence-corrected chi connectivity index (χ4v) is 0. The van der Waals surface area contributed by atoms with Crippen molar-refractivity contribution < 1.29 is 104 Å². The summed E-state index contributed by atoms with van der Waals surface area (Å²) >= 11 is 1.69. The van der Waals surface area contributed by atoms with E-state index in [0.717, 1.165) is 0 Å². The van der Waals surface area contributed by atoms with Crippen LogP contribution in [-0.4, -0.2) is 45.5 Å². The first-order valence-corrected chi connectivity index (χ1v) is 0.636. The van der Waals surface area contributed by atoms with E-state index in [4.69, 9.17) is 3.83 Å². The Bertz CT molecular complexity index is 17.7. The van der Waals surface area contributed by atoms with E-state index < -0.39 is 0 Å². The molecule has 0 amide bonds. The van der Waals surface area contributed by atoms with E-state index >= 15 is 0 Å². The molecular formula is H2MnNdOSmSr. The Kier molecular flexibility index (Phi) is 107. The molecule has 1 nitrogen and oxygen atoms in total. The standard InChI is InChI=1S/Mn.Nd.O.Sm.Sr.2H/q;;;;+2;2*-1. The second-order valence-electron chi connectivity index (χ2n) is 0. The van der Waals surface area contributed by atoms with Gasteiger partial charge in [-0.25, -0.2) is 0 Å². The number of rotatable bonds is 0. The molecule has 0 fully saturated rings. The van der Waals surface area contributed by atoms with Crippen molar-refractivity contribution in [1.29, 1.82) is 0 Å². The summed E-state index contributed by atoms with van der Waals surface area (Å²) in [5.41, 5.74) is 0. The SMILES string of the molecule is [H-].[H-].[Nd].[O]=[Mn].[Sm].[Sr+2]. The Balaban J connectivity index is -0.000000000500. The van der Waals surface area contributed by atoms with E-state index in [9.17, 15) is 0 Å². The molecule has 0 bridgehead atoms. The molecular weight excluding hydrogens is 453 g/mol. The van der Waals surface area contributed by atoms with Gasteiger partial charge in [0.1, 0.15) is 0 Å². The first kappa shape index (κ1) is 22.7. The van der Waals surface area contributed by atoms with Crippen LogP contribution in [0, 0.1) is 81.2 Å². The van der Waals surface area contributed by atoms with Crippen LogP contribution in [0.5, 0.6) is 0 Å². The Labute approximate surface area is 145 Å². The van der Waals surface area contributed by atoms with Gasteiger partial charge >= 0.3 is 65.3 Å². The van der Waals surface area contributed by atoms with Crippen molar-refractivity contribution in [2.75, 3.05) is 0 Å². The quantitative estimate of drug-likeness (QED) is 0.460. The predicted octanol–water partition coefficient (Wildman–Crippen LogP) is -0.277. The Morgan fingerprint density at radius 3 is 1.40 bits per heavy atom. The largest absolute Gasteiger partial charge is 2.00 e. The van der Waals surface area contributed by atoms with Crippen LogP contribution in [0.25, 0.3) is 0 Å².